The van der Waals surface area contributed by atoms with Crippen LogP contribution in [-0.2, 0) is 35.7 Å². The normalized spacial score (nSPS) is 10.9. The molecule has 3 aromatic carbocycles. The van der Waals surface area contributed by atoms with Crippen LogP contribution in [0.1, 0.15) is 35.4 Å². The zero-order chi connectivity index (χ0) is 22.9. The van der Waals surface area contributed by atoms with Crippen LogP contribution in [-0.4, -0.2) is 15.9 Å². The lowest BCUT2D eigenvalue weighted by atomic mass is 10.1. The topological polar surface area (TPSA) is 84.1 Å². The molecule has 1 amide bonds. The molecule has 0 fully saturated rings. The van der Waals surface area contributed by atoms with Crippen LogP contribution < -0.4 is 10.9 Å². The number of carbonyl (C=O) groups is 1. The molecule has 0 spiro atoms. The van der Waals surface area contributed by atoms with E-state index in [2.05, 4.69) is 15.3 Å². The highest BCUT2D eigenvalue weighted by Gasteiger charge is 2.08. The second-order valence-corrected chi connectivity index (χ2v) is 7.91. The standard InChI is InChI=1S/C27H27N3O3/c31-26(16-8-15-25-29-24-14-7-6-13-23(24)27(32)30-25)28-17-21-11-4-5-12-22(21)19-33-18-20-9-2-1-3-10-20/h1-7,9-14H,8,15-19H2,(H,28,31)(H,29,30,32). The lowest BCUT2D eigenvalue weighted by Crippen LogP contribution is -2.23. The van der Waals surface area contributed by atoms with Crippen LogP contribution >= 0.6 is 0 Å². The van der Waals surface area contributed by atoms with Crippen molar-refractivity contribution in [2.24, 2.45) is 0 Å². The summed E-state index contributed by atoms with van der Waals surface area (Å²) in [6.45, 7) is 1.49. The van der Waals surface area contributed by atoms with Gasteiger partial charge in [0, 0.05) is 19.4 Å². The molecule has 4 aromatic rings. The van der Waals surface area contributed by atoms with Gasteiger partial charge in [-0.1, -0.05) is 66.7 Å². The summed E-state index contributed by atoms with van der Waals surface area (Å²) in [6, 6.07) is 25.3. The van der Waals surface area contributed by atoms with Crippen LogP contribution in [0, 0.1) is 0 Å². The number of H-pyrrole nitrogens is 1. The third kappa shape index (κ3) is 6.37. The minimum Gasteiger partial charge on any atom is -0.372 e. The molecular weight excluding hydrogens is 414 g/mol. The second-order valence-electron chi connectivity index (χ2n) is 7.91. The van der Waals surface area contributed by atoms with Gasteiger partial charge in [-0.05, 0) is 35.2 Å². The number of aromatic amines is 1. The monoisotopic (exact) mass is 441 g/mol. The quantitative estimate of drug-likeness (QED) is 0.385. The molecule has 1 heterocycles. The van der Waals surface area contributed by atoms with E-state index in [4.69, 9.17) is 4.74 Å². The predicted molar refractivity (Wildman–Crippen MR) is 129 cm³/mol. The van der Waals surface area contributed by atoms with E-state index in [1.165, 1.54) is 0 Å². The van der Waals surface area contributed by atoms with Crippen molar-refractivity contribution in [1.82, 2.24) is 15.3 Å². The Hall–Kier alpha value is -3.77. The fraction of sp³-hybridized carbons (Fsp3) is 0.222. The Balaban J connectivity index is 1.24. The minimum absolute atomic E-state index is 0.0295. The second kappa shape index (κ2) is 11.2. The molecule has 33 heavy (non-hydrogen) atoms. The molecule has 6 heteroatoms. The number of hydrogen-bond donors (Lipinski definition) is 2. The largest absolute Gasteiger partial charge is 0.372 e. The van der Waals surface area contributed by atoms with E-state index in [0.717, 1.165) is 16.7 Å². The fourth-order valence-corrected chi connectivity index (χ4v) is 3.68. The molecule has 0 saturated carbocycles. The molecule has 0 saturated heterocycles. The van der Waals surface area contributed by atoms with Crippen LogP contribution in [0.15, 0.2) is 83.7 Å². The highest BCUT2D eigenvalue weighted by molar-refractivity contribution is 5.77. The number of carbonyl (C=O) groups excluding carboxylic acids is 1. The van der Waals surface area contributed by atoms with Crippen molar-refractivity contribution in [3.63, 3.8) is 0 Å². The lowest BCUT2D eigenvalue weighted by molar-refractivity contribution is -0.121. The Bertz CT molecular complexity index is 1270. The van der Waals surface area contributed by atoms with E-state index in [0.29, 0.717) is 55.7 Å². The zero-order valence-corrected chi connectivity index (χ0v) is 18.4. The highest BCUT2D eigenvalue weighted by atomic mass is 16.5. The van der Waals surface area contributed by atoms with Crippen LogP contribution in [0.4, 0.5) is 0 Å². The minimum atomic E-state index is -0.147. The van der Waals surface area contributed by atoms with Crippen molar-refractivity contribution in [3.8, 4) is 0 Å². The maximum absolute atomic E-state index is 12.4. The molecule has 2 N–H and O–H groups in total. The van der Waals surface area contributed by atoms with Gasteiger partial charge < -0.3 is 15.0 Å². The average molecular weight is 442 g/mol. The maximum Gasteiger partial charge on any atom is 0.258 e. The van der Waals surface area contributed by atoms with Crippen molar-refractivity contribution in [2.45, 2.75) is 39.0 Å². The number of benzene rings is 3. The van der Waals surface area contributed by atoms with E-state index >= 15 is 0 Å². The van der Waals surface area contributed by atoms with Gasteiger partial charge in [0.2, 0.25) is 5.91 Å². The SMILES string of the molecule is O=C(CCCc1nc2ccccc2c(=O)[nH]1)NCc1ccccc1COCc1ccccc1. The number of nitrogens with one attached hydrogen (secondary N) is 2. The molecule has 0 aliphatic heterocycles. The van der Waals surface area contributed by atoms with E-state index in [9.17, 15) is 9.59 Å². The summed E-state index contributed by atoms with van der Waals surface area (Å²) in [5.41, 5.74) is 3.76. The van der Waals surface area contributed by atoms with Gasteiger partial charge in [-0.2, -0.15) is 0 Å². The Kier molecular flexibility index (Phi) is 7.61. The lowest BCUT2D eigenvalue weighted by Gasteiger charge is -2.11. The third-order valence-electron chi connectivity index (χ3n) is 5.44. The van der Waals surface area contributed by atoms with E-state index < -0.39 is 0 Å². The first-order chi connectivity index (χ1) is 16.2. The molecule has 0 atom stereocenters. The molecule has 0 aliphatic rings. The Morgan fingerprint density at radius 1 is 0.879 bits per heavy atom. The number of para-hydroxylation sites is 1. The number of rotatable bonds is 10. The number of aromatic nitrogens is 2. The summed E-state index contributed by atoms with van der Waals surface area (Å²) >= 11 is 0. The number of aryl methyl sites for hydroxylation is 1. The molecule has 0 bridgehead atoms. The molecule has 168 valence electrons. The van der Waals surface area contributed by atoms with Gasteiger partial charge in [-0.15, -0.1) is 0 Å². The van der Waals surface area contributed by atoms with Gasteiger partial charge in [0.1, 0.15) is 5.82 Å². The summed E-state index contributed by atoms with van der Waals surface area (Å²) < 4.78 is 5.86. The van der Waals surface area contributed by atoms with Gasteiger partial charge in [0.15, 0.2) is 0 Å². The maximum atomic E-state index is 12.4. The smallest absolute Gasteiger partial charge is 0.258 e. The first kappa shape index (κ1) is 22.4. The third-order valence-corrected chi connectivity index (χ3v) is 5.44. The van der Waals surface area contributed by atoms with Crippen molar-refractivity contribution >= 4 is 16.8 Å². The van der Waals surface area contributed by atoms with E-state index in [1.54, 1.807) is 6.07 Å². The van der Waals surface area contributed by atoms with Gasteiger partial charge in [-0.3, -0.25) is 9.59 Å². The zero-order valence-electron chi connectivity index (χ0n) is 18.4. The van der Waals surface area contributed by atoms with Gasteiger partial charge >= 0.3 is 0 Å². The molecule has 6 nitrogen and oxygen atoms in total. The molecule has 0 radical (unpaired) electrons. The van der Waals surface area contributed by atoms with Gasteiger partial charge in [0.25, 0.3) is 5.56 Å². The molecule has 4 rings (SSSR count). The van der Waals surface area contributed by atoms with Crippen LogP contribution in [0.25, 0.3) is 10.9 Å². The summed E-state index contributed by atoms with van der Waals surface area (Å²) in [5, 5.41) is 3.56. The van der Waals surface area contributed by atoms with Crippen LogP contribution in [0.2, 0.25) is 0 Å². The van der Waals surface area contributed by atoms with Crippen LogP contribution in [0.5, 0.6) is 0 Å². The number of nitrogens with zero attached hydrogens (tertiary/aromatic N) is 1. The Morgan fingerprint density at radius 3 is 2.45 bits per heavy atom. The highest BCUT2D eigenvalue weighted by Crippen LogP contribution is 2.12. The van der Waals surface area contributed by atoms with E-state index in [-0.39, 0.29) is 11.5 Å². The summed E-state index contributed by atoms with van der Waals surface area (Å²) in [5.74, 6) is 0.575. The number of fused-ring (bicyclic) bond motifs is 1. The Morgan fingerprint density at radius 2 is 1.61 bits per heavy atom. The van der Waals surface area contributed by atoms with Crippen molar-refractivity contribution < 1.29 is 9.53 Å². The molecule has 0 aliphatic carbocycles. The number of hydrogen-bond acceptors (Lipinski definition) is 4. The fourth-order valence-electron chi connectivity index (χ4n) is 3.68. The number of amides is 1. The first-order valence-electron chi connectivity index (χ1n) is 11.1. The average Bonchev–Trinajstić information content (AvgIpc) is 2.84. The predicted octanol–water partition coefficient (Wildman–Crippen LogP) is 4.28. The Labute approximate surface area is 192 Å². The molecule has 1 aromatic heterocycles. The van der Waals surface area contributed by atoms with Crippen molar-refractivity contribution in [3.05, 3.63) is 112 Å². The van der Waals surface area contributed by atoms with Crippen molar-refractivity contribution in [1.29, 1.82) is 0 Å². The summed E-state index contributed by atoms with van der Waals surface area (Å²) in [7, 11) is 0. The number of ether oxygens (including phenoxy) is 1. The first-order valence-corrected chi connectivity index (χ1v) is 11.1. The molecular formula is C27H27N3O3. The van der Waals surface area contributed by atoms with Crippen LogP contribution in [0.3, 0.4) is 0 Å². The summed E-state index contributed by atoms with van der Waals surface area (Å²) in [4.78, 5) is 31.8. The summed E-state index contributed by atoms with van der Waals surface area (Å²) in [6.07, 6.45) is 1.51. The van der Waals surface area contributed by atoms with E-state index in [1.807, 2.05) is 72.8 Å². The van der Waals surface area contributed by atoms with Gasteiger partial charge in [0.05, 0.1) is 24.1 Å². The van der Waals surface area contributed by atoms with Gasteiger partial charge in [-0.25, -0.2) is 4.98 Å². The van der Waals surface area contributed by atoms with Crippen molar-refractivity contribution in [2.75, 3.05) is 0 Å². The molecule has 0 unspecified atom stereocenters.